The van der Waals surface area contributed by atoms with Gasteiger partial charge in [0.15, 0.2) is 0 Å². The second-order valence-electron chi connectivity index (χ2n) is 4.22. The predicted molar refractivity (Wildman–Crippen MR) is 89.7 cm³/mol. The Bertz CT molecular complexity index is 631. The number of halogens is 1. The number of amides is 1. The van der Waals surface area contributed by atoms with Crippen molar-refractivity contribution in [3.8, 4) is 0 Å². The summed E-state index contributed by atoms with van der Waals surface area (Å²) in [6, 6.07) is 4.10. The average Bonchev–Trinajstić information content (AvgIpc) is 2.74. The molecule has 0 saturated heterocycles. The van der Waals surface area contributed by atoms with Gasteiger partial charge in [0.05, 0.1) is 9.83 Å². The minimum atomic E-state index is -0.211. The lowest BCUT2D eigenvalue weighted by molar-refractivity contribution is -0.114. The number of carbonyl (C=O) groups excluding carboxylic acids is 1. The number of aryl methyl sites for hydroxylation is 1. The lowest BCUT2D eigenvalue weighted by Crippen LogP contribution is -2.14. The molecule has 8 heteroatoms. The molecule has 0 fully saturated rings. The SMILES string of the molecule is C.CC(=O)Nc1nc(C)nc(NC(C)c2ccc(Br)s2)n1. The molecule has 21 heavy (non-hydrogen) atoms. The molecule has 1 unspecified atom stereocenters. The molecule has 0 radical (unpaired) electrons. The number of hydrogen-bond donors (Lipinski definition) is 2. The van der Waals surface area contributed by atoms with Crippen LogP contribution in [0.4, 0.5) is 11.9 Å². The Hall–Kier alpha value is -1.54. The number of anilines is 2. The van der Waals surface area contributed by atoms with Gasteiger partial charge in [-0.2, -0.15) is 15.0 Å². The van der Waals surface area contributed by atoms with Crippen molar-refractivity contribution >= 4 is 45.1 Å². The fraction of sp³-hybridized carbons (Fsp3) is 0.385. The molecule has 6 nitrogen and oxygen atoms in total. The van der Waals surface area contributed by atoms with Gasteiger partial charge in [-0.15, -0.1) is 11.3 Å². The lowest BCUT2D eigenvalue weighted by atomic mass is 10.3. The van der Waals surface area contributed by atoms with Crippen molar-refractivity contribution in [2.24, 2.45) is 0 Å². The number of rotatable bonds is 4. The molecule has 0 saturated carbocycles. The summed E-state index contributed by atoms with van der Waals surface area (Å²) in [6.45, 7) is 5.19. The molecular formula is C13H18BrN5OS. The van der Waals surface area contributed by atoms with Gasteiger partial charge >= 0.3 is 0 Å². The predicted octanol–water partition coefficient (Wildman–Crippen LogP) is 3.77. The molecule has 1 atom stereocenters. The van der Waals surface area contributed by atoms with Crippen LogP contribution in [0.5, 0.6) is 0 Å². The molecule has 2 heterocycles. The fourth-order valence-electron chi connectivity index (χ4n) is 1.59. The van der Waals surface area contributed by atoms with Crippen LogP contribution in [-0.2, 0) is 4.79 Å². The van der Waals surface area contributed by atoms with E-state index in [1.165, 1.54) is 6.92 Å². The highest BCUT2D eigenvalue weighted by Gasteiger charge is 2.11. The van der Waals surface area contributed by atoms with Crippen LogP contribution in [0.2, 0.25) is 0 Å². The van der Waals surface area contributed by atoms with E-state index in [1.54, 1.807) is 18.3 Å². The molecule has 1 amide bonds. The maximum absolute atomic E-state index is 11.0. The van der Waals surface area contributed by atoms with E-state index in [4.69, 9.17) is 0 Å². The minimum Gasteiger partial charge on any atom is -0.347 e. The molecule has 0 aromatic carbocycles. The molecular weight excluding hydrogens is 354 g/mol. The summed E-state index contributed by atoms with van der Waals surface area (Å²) in [5.41, 5.74) is 0. The molecule has 2 rings (SSSR count). The first-order valence-corrected chi connectivity index (χ1v) is 7.57. The molecule has 2 aromatic rings. The zero-order valence-electron chi connectivity index (χ0n) is 11.3. The zero-order chi connectivity index (χ0) is 14.7. The molecule has 2 aromatic heterocycles. The van der Waals surface area contributed by atoms with E-state index in [2.05, 4.69) is 41.5 Å². The highest BCUT2D eigenvalue weighted by Crippen LogP contribution is 2.28. The molecule has 0 aliphatic carbocycles. The molecule has 0 bridgehead atoms. The number of thiophene rings is 1. The second-order valence-corrected chi connectivity index (χ2v) is 6.71. The highest BCUT2D eigenvalue weighted by molar-refractivity contribution is 9.11. The molecule has 0 aliphatic rings. The summed E-state index contributed by atoms with van der Waals surface area (Å²) >= 11 is 5.09. The van der Waals surface area contributed by atoms with E-state index in [9.17, 15) is 4.79 Å². The average molecular weight is 372 g/mol. The van der Waals surface area contributed by atoms with Gasteiger partial charge < -0.3 is 5.32 Å². The number of nitrogens with zero attached hydrogens (tertiary/aromatic N) is 3. The minimum absolute atomic E-state index is 0. The van der Waals surface area contributed by atoms with E-state index in [1.807, 2.05) is 19.1 Å². The van der Waals surface area contributed by atoms with Gasteiger partial charge in [0.2, 0.25) is 17.8 Å². The smallest absolute Gasteiger partial charge is 0.234 e. The van der Waals surface area contributed by atoms with Crippen molar-refractivity contribution < 1.29 is 4.79 Å². The monoisotopic (exact) mass is 371 g/mol. The van der Waals surface area contributed by atoms with Gasteiger partial charge in [0.25, 0.3) is 0 Å². The van der Waals surface area contributed by atoms with Gasteiger partial charge in [-0.25, -0.2) is 0 Å². The normalized spacial score (nSPS) is 11.4. The number of hydrogen-bond acceptors (Lipinski definition) is 6. The molecule has 0 spiro atoms. The summed E-state index contributed by atoms with van der Waals surface area (Å²) in [5.74, 6) is 1.04. The fourth-order valence-corrected chi connectivity index (χ4v) is 3.01. The third kappa shape index (κ3) is 5.05. The Balaban J connectivity index is 0.00000220. The largest absolute Gasteiger partial charge is 0.347 e. The van der Waals surface area contributed by atoms with Crippen LogP contribution in [0.15, 0.2) is 15.9 Å². The first-order chi connectivity index (χ1) is 9.44. The first-order valence-electron chi connectivity index (χ1n) is 5.96. The van der Waals surface area contributed by atoms with Crippen molar-refractivity contribution in [3.05, 3.63) is 26.6 Å². The van der Waals surface area contributed by atoms with Gasteiger partial charge in [-0.05, 0) is 41.9 Å². The molecule has 2 N–H and O–H groups in total. The van der Waals surface area contributed by atoms with Crippen LogP contribution in [0.25, 0.3) is 0 Å². The lowest BCUT2D eigenvalue weighted by Gasteiger charge is -2.13. The Labute approximate surface area is 136 Å². The van der Waals surface area contributed by atoms with Crippen molar-refractivity contribution in [2.75, 3.05) is 10.6 Å². The standard InChI is InChI=1S/C12H14BrN5OS.CH4/c1-6(9-4-5-10(13)20-9)14-11-15-7(2)16-12(18-11)17-8(3)19;/h4-6H,1-3H3,(H2,14,15,16,17,18,19);1H4. The van der Waals surface area contributed by atoms with Crippen LogP contribution >= 0.6 is 27.3 Å². The van der Waals surface area contributed by atoms with Gasteiger partial charge in [0.1, 0.15) is 5.82 Å². The molecule has 114 valence electrons. The van der Waals surface area contributed by atoms with Crippen LogP contribution in [0.3, 0.4) is 0 Å². The van der Waals surface area contributed by atoms with Gasteiger partial charge in [-0.1, -0.05) is 7.43 Å². The number of carbonyl (C=O) groups is 1. The number of nitrogens with one attached hydrogen (secondary N) is 2. The van der Waals surface area contributed by atoms with Crippen molar-refractivity contribution in [3.63, 3.8) is 0 Å². The van der Waals surface area contributed by atoms with E-state index in [-0.39, 0.29) is 25.3 Å². The number of aromatic nitrogens is 3. The summed E-state index contributed by atoms with van der Waals surface area (Å²) < 4.78 is 1.08. The first kappa shape index (κ1) is 17.5. The van der Waals surface area contributed by atoms with Crippen molar-refractivity contribution in [1.82, 2.24) is 15.0 Å². The summed E-state index contributed by atoms with van der Waals surface area (Å²) in [6.07, 6.45) is 0. The zero-order valence-corrected chi connectivity index (χ0v) is 13.7. The Morgan fingerprint density at radius 2 is 1.95 bits per heavy atom. The Kier molecular flexibility index (Phi) is 6.22. The third-order valence-electron chi connectivity index (χ3n) is 2.40. The third-order valence-corrected chi connectivity index (χ3v) is 4.21. The van der Waals surface area contributed by atoms with E-state index in [0.717, 1.165) is 8.66 Å². The van der Waals surface area contributed by atoms with Crippen LogP contribution in [0.1, 0.15) is 38.0 Å². The van der Waals surface area contributed by atoms with Gasteiger partial charge in [-0.3, -0.25) is 10.1 Å². The summed E-state index contributed by atoms with van der Waals surface area (Å²) in [5, 5.41) is 5.76. The van der Waals surface area contributed by atoms with Crippen LogP contribution in [-0.4, -0.2) is 20.9 Å². The van der Waals surface area contributed by atoms with Crippen LogP contribution in [0, 0.1) is 6.92 Å². The van der Waals surface area contributed by atoms with E-state index < -0.39 is 0 Å². The van der Waals surface area contributed by atoms with Crippen molar-refractivity contribution in [1.29, 1.82) is 0 Å². The van der Waals surface area contributed by atoms with Crippen LogP contribution < -0.4 is 10.6 Å². The summed E-state index contributed by atoms with van der Waals surface area (Å²) in [7, 11) is 0. The quantitative estimate of drug-likeness (QED) is 0.854. The van der Waals surface area contributed by atoms with Crippen molar-refractivity contribution in [2.45, 2.75) is 34.2 Å². The maximum atomic E-state index is 11.0. The van der Waals surface area contributed by atoms with E-state index >= 15 is 0 Å². The maximum Gasteiger partial charge on any atom is 0.234 e. The molecule has 0 aliphatic heterocycles. The Morgan fingerprint density at radius 1 is 1.29 bits per heavy atom. The van der Waals surface area contributed by atoms with E-state index in [0.29, 0.717) is 11.8 Å². The summed E-state index contributed by atoms with van der Waals surface area (Å²) in [4.78, 5) is 24.7. The topological polar surface area (TPSA) is 79.8 Å². The Morgan fingerprint density at radius 3 is 2.52 bits per heavy atom. The van der Waals surface area contributed by atoms with Gasteiger partial charge in [0, 0.05) is 11.8 Å². The second kappa shape index (κ2) is 7.46. The highest BCUT2D eigenvalue weighted by atomic mass is 79.9.